The minimum atomic E-state index is -0.370. The largest absolute Gasteiger partial charge is 0.497 e. The highest BCUT2D eigenvalue weighted by molar-refractivity contribution is 6.02. The van der Waals surface area contributed by atoms with Gasteiger partial charge in [0.1, 0.15) is 11.5 Å². The van der Waals surface area contributed by atoms with Gasteiger partial charge in [-0.05, 0) is 42.5 Å². The molecule has 0 saturated heterocycles. The van der Waals surface area contributed by atoms with E-state index in [0.717, 1.165) is 54.9 Å². The number of nitrogens with zero attached hydrogens (tertiary/aromatic N) is 2. The lowest BCUT2D eigenvalue weighted by Gasteiger charge is -2.50. The predicted molar refractivity (Wildman–Crippen MR) is 126 cm³/mol. The van der Waals surface area contributed by atoms with E-state index in [4.69, 9.17) is 14.6 Å². The van der Waals surface area contributed by atoms with E-state index < -0.39 is 0 Å². The number of benzene rings is 3. The Hall–Kier alpha value is -3.27. The van der Waals surface area contributed by atoms with E-state index in [0.29, 0.717) is 5.92 Å². The molecule has 0 amide bonds. The second-order valence-corrected chi connectivity index (χ2v) is 9.11. The van der Waals surface area contributed by atoms with Crippen molar-refractivity contribution >= 4 is 5.71 Å². The number of para-hydroxylation sites is 1. The van der Waals surface area contributed by atoms with Crippen molar-refractivity contribution in [2.75, 3.05) is 7.11 Å². The molecule has 0 radical (unpaired) electrons. The molecule has 6 rings (SSSR count). The van der Waals surface area contributed by atoms with Crippen LogP contribution in [-0.2, 0) is 0 Å². The summed E-state index contributed by atoms with van der Waals surface area (Å²) in [5.74, 6) is 2.48. The zero-order chi connectivity index (χ0) is 21.5. The summed E-state index contributed by atoms with van der Waals surface area (Å²) in [6.45, 7) is 0. The third-order valence-corrected chi connectivity index (χ3v) is 7.35. The molecule has 1 atom stereocenters. The van der Waals surface area contributed by atoms with E-state index >= 15 is 0 Å². The molecule has 3 aromatic rings. The van der Waals surface area contributed by atoms with E-state index in [1.165, 1.54) is 11.1 Å². The molecule has 162 valence electrons. The molecule has 1 spiro atoms. The van der Waals surface area contributed by atoms with Crippen molar-refractivity contribution in [1.29, 1.82) is 0 Å². The van der Waals surface area contributed by atoms with Crippen LogP contribution >= 0.6 is 0 Å². The number of hydrazone groups is 1. The molecule has 3 aliphatic rings. The number of ether oxygens (including phenoxy) is 2. The first-order chi connectivity index (χ1) is 15.8. The van der Waals surface area contributed by atoms with Gasteiger partial charge in [-0.1, -0.05) is 60.7 Å². The summed E-state index contributed by atoms with van der Waals surface area (Å²) in [6, 6.07) is 27.9. The first-order valence-electron chi connectivity index (χ1n) is 11.6. The highest BCUT2D eigenvalue weighted by Crippen LogP contribution is 2.52. The molecule has 1 saturated carbocycles. The smallest absolute Gasteiger partial charge is 0.198 e. The average molecular weight is 425 g/mol. The summed E-state index contributed by atoms with van der Waals surface area (Å²) in [5.41, 5.74) is 4.55. The average Bonchev–Trinajstić information content (AvgIpc) is 3.32. The molecule has 3 aromatic carbocycles. The Balaban J connectivity index is 1.35. The van der Waals surface area contributed by atoms with Crippen molar-refractivity contribution < 1.29 is 9.47 Å². The Morgan fingerprint density at radius 2 is 1.72 bits per heavy atom. The maximum Gasteiger partial charge on any atom is 0.198 e. The normalized spacial score (nSPS) is 26.2. The van der Waals surface area contributed by atoms with Crippen LogP contribution in [0.4, 0.5) is 0 Å². The fourth-order valence-electron chi connectivity index (χ4n) is 5.66. The van der Waals surface area contributed by atoms with Crippen LogP contribution in [0.5, 0.6) is 11.5 Å². The van der Waals surface area contributed by atoms with Crippen molar-refractivity contribution in [2.24, 2.45) is 5.10 Å². The van der Waals surface area contributed by atoms with Gasteiger partial charge < -0.3 is 9.47 Å². The first-order valence-corrected chi connectivity index (χ1v) is 11.6. The van der Waals surface area contributed by atoms with Crippen molar-refractivity contribution in [2.45, 2.75) is 49.8 Å². The molecule has 0 aromatic heterocycles. The van der Waals surface area contributed by atoms with Gasteiger partial charge >= 0.3 is 0 Å². The van der Waals surface area contributed by atoms with Crippen LogP contribution in [0.15, 0.2) is 84.0 Å². The zero-order valence-electron chi connectivity index (χ0n) is 18.4. The van der Waals surface area contributed by atoms with Crippen LogP contribution < -0.4 is 9.47 Å². The molecule has 2 aliphatic heterocycles. The van der Waals surface area contributed by atoms with Crippen LogP contribution in [0.2, 0.25) is 0 Å². The third kappa shape index (κ3) is 3.17. The van der Waals surface area contributed by atoms with E-state index in [1.807, 2.05) is 12.1 Å². The van der Waals surface area contributed by atoms with Gasteiger partial charge in [-0.2, -0.15) is 5.10 Å². The van der Waals surface area contributed by atoms with E-state index in [9.17, 15) is 0 Å². The lowest BCUT2D eigenvalue weighted by molar-refractivity contribution is -0.142. The SMILES string of the molecule is COc1cccc(C2=NN3[C@H](C2)c2ccccc2OC32CCC(c3ccccc3)CC2)c1. The zero-order valence-corrected chi connectivity index (χ0v) is 18.4. The molecular weight excluding hydrogens is 396 g/mol. The van der Waals surface area contributed by atoms with Crippen molar-refractivity contribution in [3.8, 4) is 11.5 Å². The maximum atomic E-state index is 6.78. The quantitative estimate of drug-likeness (QED) is 0.495. The molecule has 0 unspecified atom stereocenters. The standard InChI is InChI=1S/C28H28N2O2/c1-31-23-11-7-10-22(18-23)25-19-26-24-12-5-6-13-27(24)32-28(30(26)29-25)16-14-21(15-17-28)20-8-3-2-4-9-20/h2-13,18,21,26H,14-17,19H2,1H3/t21?,26-,28?/m1/s1. The molecule has 2 heterocycles. The van der Waals surface area contributed by atoms with Gasteiger partial charge in [0.15, 0.2) is 5.72 Å². The Morgan fingerprint density at radius 1 is 0.938 bits per heavy atom. The summed E-state index contributed by atoms with van der Waals surface area (Å²) < 4.78 is 12.2. The summed E-state index contributed by atoms with van der Waals surface area (Å²) in [4.78, 5) is 0. The number of methoxy groups -OCH3 is 1. The summed E-state index contributed by atoms with van der Waals surface area (Å²) in [7, 11) is 1.71. The number of hydrogen-bond donors (Lipinski definition) is 0. The molecule has 4 heteroatoms. The van der Waals surface area contributed by atoms with E-state index in [1.54, 1.807) is 7.11 Å². The third-order valence-electron chi connectivity index (χ3n) is 7.35. The molecule has 1 fully saturated rings. The number of hydrogen-bond acceptors (Lipinski definition) is 4. The van der Waals surface area contributed by atoms with Crippen LogP contribution in [-0.4, -0.2) is 23.6 Å². The van der Waals surface area contributed by atoms with Gasteiger partial charge in [0.05, 0.1) is 18.9 Å². The van der Waals surface area contributed by atoms with Crippen LogP contribution in [0.25, 0.3) is 0 Å². The minimum Gasteiger partial charge on any atom is -0.497 e. The monoisotopic (exact) mass is 424 g/mol. The molecule has 1 aliphatic carbocycles. The second kappa shape index (κ2) is 7.70. The summed E-state index contributed by atoms with van der Waals surface area (Å²) >= 11 is 0. The molecule has 4 nitrogen and oxygen atoms in total. The number of rotatable bonds is 3. The van der Waals surface area contributed by atoms with Crippen molar-refractivity contribution in [3.63, 3.8) is 0 Å². The molecular formula is C28H28N2O2. The maximum absolute atomic E-state index is 6.78. The Kier molecular flexibility index (Phi) is 4.67. The van der Waals surface area contributed by atoms with Gasteiger partial charge in [0, 0.05) is 30.4 Å². The summed E-state index contributed by atoms with van der Waals surface area (Å²) in [5, 5.41) is 7.50. The lowest BCUT2D eigenvalue weighted by atomic mass is 9.78. The Bertz CT molecular complexity index is 1150. The fraction of sp³-hybridized carbons (Fsp3) is 0.321. The van der Waals surface area contributed by atoms with Crippen LogP contribution in [0.1, 0.15) is 60.8 Å². The minimum absolute atomic E-state index is 0.217. The van der Waals surface area contributed by atoms with E-state index in [2.05, 4.69) is 71.7 Å². The van der Waals surface area contributed by atoms with Crippen molar-refractivity contribution in [1.82, 2.24) is 5.01 Å². The van der Waals surface area contributed by atoms with E-state index in [-0.39, 0.29) is 11.8 Å². The highest BCUT2D eigenvalue weighted by Gasteiger charge is 2.51. The lowest BCUT2D eigenvalue weighted by Crippen LogP contribution is -2.55. The topological polar surface area (TPSA) is 34.1 Å². The first kappa shape index (κ1) is 19.4. The molecule has 0 bridgehead atoms. The summed E-state index contributed by atoms with van der Waals surface area (Å²) in [6.07, 6.45) is 5.06. The molecule has 32 heavy (non-hydrogen) atoms. The van der Waals surface area contributed by atoms with Gasteiger partial charge in [0.2, 0.25) is 0 Å². The van der Waals surface area contributed by atoms with Gasteiger partial charge in [0.25, 0.3) is 0 Å². The predicted octanol–water partition coefficient (Wildman–Crippen LogP) is 6.29. The van der Waals surface area contributed by atoms with Gasteiger partial charge in [-0.25, -0.2) is 5.01 Å². The highest BCUT2D eigenvalue weighted by atomic mass is 16.5. The fourth-order valence-corrected chi connectivity index (χ4v) is 5.66. The Labute approximate surface area is 189 Å². The Morgan fingerprint density at radius 3 is 2.53 bits per heavy atom. The van der Waals surface area contributed by atoms with Crippen molar-refractivity contribution in [3.05, 3.63) is 95.6 Å². The molecule has 0 N–H and O–H groups in total. The van der Waals surface area contributed by atoms with Crippen LogP contribution in [0, 0.1) is 0 Å². The second-order valence-electron chi connectivity index (χ2n) is 9.11. The van der Waals surface area contributed by atoms with Gasteiger partial charge in [-0.3, -0.25) is 0 Å². The van der Waals surface area contributed by atoms with Crippen LogP contribution in [0.3, 0.4) is 0 Å². The van der Waals surface area contributed by atoms with Gasteiger partial charge in [-0.15, -0.1) is 0 Å². The number of fused-ring (bicyclic) bond motifs is 4.